The van der Waals surface area contributed by atoms with E-state index < -0.39 is 345 Å². The molecule has 0 spiro atoms. The summed E-state index contributed by atoms with van der Waals surface area (Å²) in [5.41, 5.74) is 6.26. The molecule has 14 bridgehead atoms. The first-order chi connectivity index (χ1) is 59.6. The fraction of sp³-hybridized carbons (Fsp3) is 0.737. The predicted octanol–water partition coefficient (Wildman–Crippen LogP) is -5.57. The summed E-state index contributed by atoms with van der Waals surface area (Å²) in [7, 11) is 0. The van der Waals surface area contributed by atoms with Crippen LogP contribution >= 0.6 is 0 Å². The van der Waals surface area contributed by atoms with Gasteiger partial charge >= 0.3 is 83.6 Å². The van der Waals surface area contributed by atoms with Gasteiger partial charge in [0.2, 0.25) is 0 Å². The summed E-state index contributed by atoms with van der Waals surface area (Å²) in [5.74, 6) is -17.2. The van der Waals surface area contributed by atoms with Gasteiger partial charge in [0.05, 0.1) is 39.6 Å². The van der Waals surface area contributed by atoms with Crippen molar-refractivity contribution in [3.63, 3.8) is 0 Å². The van der Waals surface area contributed by atoms with Gasteiger partial charge in [-0.05, 0) is 24.3 Å². The SMILES string of the molecule is CC(=O)OC1C2OC(CO)C(OC3OC(CO)C(OC4OC(CO)C(OC5OC(CO)C(OC6OC(COc7ccc(N)cc7)C(OC7OC(CO)C(OC8OC(CO)C(O2)C(OC(C)=O)C8OC(C)=O)C(OC(C)=O)C7OC(C)=O)C(OC(C)=O)C6OC(C)=O)C(OC(C)=O)C5OC(C)=O)C(OC(C)=O)C4OC(C)=O)C(OC(C)=O)C3OC(C)=O)C1OC(C)=O. The molecule has 21 heterocycles. The highest BCUT2D eigenvalue weighted by Crippen LogP contribution is 2.45. The zero-order valence-corrected chi connectivity index (χ0v) is 70.3. The Kier molecular flexibility index (Phi) is 35.9. The molecular weight excluding hydrogens is 1710 g/mol. The van der Waals surface area contributed by atoms with E-state index in [1.807, 2.05) is 0 Å². The van der Waals surface area contributed by atoms with Crippen molar-refractivity contribution in [2.45, 2.75) is 312 Å². The van der Waals surface area contributed by atoms with Gasteiger partial charge in [0.1, 0.15) is 97.8 Å². The van der Waals surface area contributed by atoms with Crippen molar-refractivity contribution in [1.29, 1.82) is 0 Å². The number of aliphatic hydroxyl groups excluding tert-OH is 6. The highest BCUT2D eigenvalue weighted by Gasteiger charge is 2.66. The lowest BCUT2D eigenvalue weighted by Gasteiger charge is -2.51. The van der Waals surface area contributed by atoms with Crippen LogP contribution in [0.2, 0.25) is 0 Å². The molecule has 0 aliphatic carbocycles. The molecule has 21 fully saturated rings. The maximum Gasteiger partial charge on any atom is 0.303 e. The fourth-order valence-corrected chi connectivity index (χ4v) is 15.4. The van der Waals surface area contributed by atoms with Crippen molar-refractivity contribution >= 4 is 89.3 Å². The van der Waals surface area contributed by atoms with Gasteiger partial charge in [0.15, 0.2) is 129 Å². The molecular formula is C76H103NO49. The van der Waals surface area contributed by atoms with E-state index in [0.29, 0.717) is 0 Å². The monoisotopic (exact) mass is 1810 g/mol. The molecule has 1 aromatic rings. The lowest BCUT2D eigenvalue weighted by atomic mass is 9.94. The highest BCUT2D eigenvalue weighted by atomic mass is 16.8. The molecule has 0 amide bonds. The number of carbonyl (C=O) groups is 14. The average Bonchev–Trinajstić information content (AvgIpc) is 0.764. The molecule has 35 atom stereocenters. The van der Waals surface area contributed by atoms with E-state index in [1.165, 1.54) is 24.3 Å². The first kappa shape index (κ1) is 100. The Morgan fingerprint density at radius 3 is 0.500 bits per heavy atom. The number of ether oxygens (including phenoxy) is 29. The second-order valence-corrected chi connectivity index (χ2v) is 29.5. The molecule has 126 heavy (non-hydrogen) atoms. The summed E-state index contributed by atoms with van der Waals surface area (Å²) >= 11 is 0. The van der Waals surface area contributed by atoms with E-state index in [9.17, 15) is 97.8 Å². The highest BCUT2D eigenvalue weighted by molar-refractivity contribution is 5.72. The van der Waals surface area contributed by atoms with Crippen molar-refractivity contribution < 1.29 is 235 Å². The molecule has 35 unspecified atom stereocenters. The van der Waals surface area contributed by atoms with Crippen LogP contribution in [0.3, 0.4) is 0 Å². The van der Waals surface area contributed by atoms with Gasteiger partial charge in [-0.2, -0.15) is 0 Å². The zero-order chi connectivity index (χ0) is 92.7. The average molecular weight is 1810 g/mol. The Hall–Kier alpha value is -9.40. The summed E-state index contributed by atoms with van der Waals surface area (Å²) in [6.07, 6.45) is -76.7. The number of nitrogen functional groups attached to an aromatic ring is 1. The number of rotatable bonds is 23. The molecule has 0 saturated carbocycles. The Balaban J connectivity index is 1.30. The topological polar surface area (TPSA) is 654 Å². The van der Waals surface area contributed by atoms with Gasteiger partial charge in [-0.3, -0.25) is 67.1 Å². The molecule has 50 heteroatoms. The number of aliphatic hydroxyl groups is 6. The van der Waals surface area contributed by atoms with E-state index in [-0.39, 0.29) is 11.4 Å². The van der Waals surface area contributed by atoms with Crippen LogP contribution in [0, 0.1) is 0 Å². The quantitative estimate of drug-likeness (QED) is 0.0305. The first-order valence-electron chi connectivity index (χ1n) is 39.3. The number of anilines is 1. The third-order valence-electron chi connectivity index (χ3n) is 19.8. The minimum Gasteiger partial charge on any atom is -0.491 e. The van der Waals surface area contributed by atoms with Crippen molar-refractivity contribution in [3.8, 4) is 5.75 Å². The Labute approximate surface area is 716 Å². The van der Waals surface area contributed by atoms with Crippen molar-refractivity contribution in [2.24, 2.45) is 0 Å². The molecule has 1 aromatic carbocycles. The molecule has 21 saturated heterocycles. The second kappa shape index (κ2) is 45.0. The summed E-state index contributed by atoms with van der Waals surface area (Å²) in [5, 5.41) is 69.0. The van der Waals surface area contributed by atoms with Crippen molar-refractivity contribution in [1.82, 2.24) is 0 Å². The van der Waals surface area contributed by atoms with Crippen molar-refractivity contribution in [2.75, 3.05) is 52.0 Å². The summed E-state index contributed by atoms with van der Waals surface area (Å²) in [6.45, 7) is 3.29. The molecule has 706 valence electrons. The Morgan fingerprint density at radius 1 is 0.222 bits per heavy atom. The smallest absolute Gasteiger partial charge is 0.303 e. The van der Waals surface area contributed by atoms with Crippen LogP contribution in [0.15, 0.2) is 24.3 Å². The number of esters is 14. The third-order valence-corrected chi connectivity index (χ3v) is 19.8. The van der Waals surface area contributed by atoms with Gasteiger partial charge in [0.25, 0.3) is 0 Å². The van der Waals surface area contributed by atoms with E-state index in [2.05, 4.69) is 0 Å². The van der Waals surface area contributed by atoms with E-state index >= 15 is 0 Å². The number of hydrogen-bond donors (Lipinski definition) is 7. The van der Waals surface area contributed by atoms with E-state index in [4.69, 9.17) is 143 Å². The van der Waals surface area contributed by atoms with Gasteiger partial charge in [-0.1, -0.05) is 0 Å². The first-order valence-corrected chi connectivity index (χ1v) is 39.3. The second-order valence-electron chi connectivity index (χ2n) is 29.5. The van der Waals surface area contributed by atoms with Crippen LogP contribution in [0.1, 0.15) is 96.9 Å². The van der Waals surface area contributed by atoms with Crippen LogP contribution in [0.25, 0.3) is 0 Å². The standard InChI is InChI=1S/C76H103NO49/c1-26(84)99-56-49-42(19-78)114-71(64(56)107-34(9)92)122-51-44(21-80)116-73(66(109-36(11)94)58(51)101-28(3)86)124-53-46(23-82)118-75(68(111-38(13)96)60(53)103-30(5)88)126-55-48(25-98-41-17-15-40(77)16-18-41)119-76(69(112-39(14)97)62(55)105-32(7)90)125-54-47(24-83)117-74(67(110-37(12)95)61(54)104-31(6)89)123-52-45(22-81)115-72(65(108-35(10)93)59(52)102-29(4)87)121-50-43(20-79)113-70(120-49)63(106-33(8)91)57(50)100-27(2)85/h15-18,42-76,78-83H,19-25,77H2,1-14H3. The summed E-state index contributed by atoms with van der Waals surface area (Å²) in [6, 6.07) is 5.57. The molecule has 8 N–H and O–H groups in total. The minimum atomic E-state index is -2.33. The number of benzene rings is 1. The van der Waals surface area contributed by atoms with Gasteiger partial charge in [-0.15, -0.1) is 0 Å². The van der Waals surface area contributed by atoms with Gasteiger partial charge in [0, 0.05) is 103 Å². The van der Waals surface area contributed by atoms with Crippen molar-refractivity contribution in [3.05, 3.63) is 24.3 Å². The summed E-state index contributed by atoms with van der Waals surface area (Å²) in [4.78, 5) is 191. The predicted molar refractivity (Wildman–Crippen MR) is 391 cm³/mol. The van der Waals surface area contributed by atoms with Gasteiger partial charge < -0.3 is 174 Å². The van der Waals surface area contributed by atoms with Gasteiger partial charge in [-0.25, -0.2) is 0 Å². The largest absolute Gasteiger partial charge is 0.491 e. The van der Waals surface area contributed by atoms with E-state index in [0.717, 1.165) is 96.9 Å². The van der Waals surface area contributed by atoms with Crippen LogP contribution < -0.4 is 10.5 Å². The number of hydrogen-bond acceptors (Lipinski definition) is 50. The maximum atomic E-state index is 13.8. The number of nitrogens with two attached hydrogens (primary N) is 1. The van der Waals surface area contributed by atoms with Crippen LogP contribution in [0.5, 0.6) is 5.75 Å². The minimum absolute atomic E-state index is 0.0159. The fourth-order valence-electron chi connectivity index (χ4n) is 15.4. The molecule has 21 aliphatic heterocycles. The maximum absolute atomic E-state index is 13.8. The molecule has 0 radical (unpaired) electrons. The van der Waals surface area contributed by atoms with E-state index in [1.54, 1.807) is 0 Å². The van der Waals surface area contributed by atoms with Crippen LogP contribution in [0.4, 0.5) is 5.69 Å². The lowest BCUT2D eigenvalue weighted by Crippen LogP contribution is -2.70. The third kappa shape index (κ3) is 25.3. The molecule has 50 nitrogen and oxygen atoms in total. The number of carbonyl (C=O) groups excluding carboxylic acids is 14. The molecule has 0 aromatic heterocycles. The zero-order valence-electron chi connectivity index (χ0n) is 70.3. The Bertz CT molecular complexity index is 3870. The Morgan fingerprint density at radius 2 is 0.357 bits per heavy atom. The normalized spacial score (nSPS) is 37.5. The lowest BCUT2D eigenvalue weighted by molar-refractivity contribution is -0.396. The van der Waals surface area contributed by atoms with Crippen LogP contribution in [-0.4, -0.2) is 375 Å². The summed E-state index contributed by atoms with van der Waals surface area (Å²) < 4.78 is 178. The molecule has 21 aliphatic rings. The van der Waals surface area contributed by atoms with Crippen LogP contribution in [-0.2, 0) is 200 Å². The molecule has 22 rings (SSSR count).